The largest absolute Gasteiger partial charge is 0.471 e. The number of alkyl halides is 4. The van der Waals surface area contributed by atoms with Crippen molar-refractivity contribution in [2.24, 2.45) is 0 Å². The molecule has 7 rings (SSSR count). The molecule has 0 aromatic carbocycles. The molecule has 0 saturated carbocycles. The summed E-state index contributed by atoms with van der Waals surface area (Å²) in [4.78, 5) is 48.1. The Morgan fingerprint density at radius 2 is 0.943 bits per heavy atom. The van der Waals surface area contributed by atoms with E-state index in [0.717, 1.165) is 75.2 Å². The molecule has 3 aliphatic rings. The van der Waals surface area contributed by atoms with Crippen molar-refractivity contribution < 1.29 is 46.3 Å². The Kier molecular flexibility index (Phi) is 34.3. The highest BCUT2D eigenvalue weighted by Gasteiger charge is 2.43. The number of hydrogen-bond acceptors (Lipinski definition) is 14. The number of aliphatic hydroxyl groups excluding tert-OH is 1. The third kappa shape index (κ3) is 31.1. The van der Waals surface area contributed by atoms with Gasteiger partial charge in [-0.2, -0.15) is 13.2 Å². The Labute approximate surface area is 446 Å². The topological polar surface area (TPSA) is 135 Å². The molecule has 0 unspecified atom stereocenters. The van der Waals surface area contributed by atoms with Crippen LogP contribution in [0.5, 0.6) is 0 Å². The van der Waals surface area contributed by atoms with Crippen molar-refractivity contribution in [1.29, 1.82) is 0 Å². The summed E-state index contributed by atoms with van der Waals surface area (Å²) in [7, 11) is 7.36. The molecular formula is C46H72Cl3F3N6O7S5. The maximum Gasteiger partial charge on any atom is 0.471 e. The summed E-state index contributed by atoms with van der Waals surface area (Å²) in [6.07, 6.45) is -5.15. The number of hydrogen-bond donors (Lipinski definition) is 2. The van der Waals surface area contributed by atoms with Crippen LogP contribution >= 0.6 is 78.3 Å². The molecular weight excluding hydrogens is 1070 g/mol. The number of amides is 3. The summed E-state index contributed by atoms with van der Waals surface area (Å²) in [6, 6.07) is 16.0. The number of carbonyl (C=O) groups is 3. The predicted octanol–water partition coefficient (Wildman–Crippen LogP) is 11.6. The van der Waals surface area contributed by atoms with Gasteiger partial charge in [0.05, 0.1) is 12.5 Å². The van der Waals surface area contributed by atoms with Crippen LogP contribution in [0.4, 0.5) is 22.8 Å². The molecule has 400 valence electrons. The Balaban J connectivity index is 0.000000865. The SMILES string of the molecule is C.C.CC(C)(C)OC(=O)N1CCN(Cc2cccs2)CC1.CC(C)(C)OC(=O)N1CCNCC1.ClCc1cccs1.O=C(N1CCN(Cc2cccs2)CC1)C(F)(F)F.O=S(Cl)Cl.OCc1cccs1. The monoisotopic (exact) mass is 1140 g/mol. The maximum atomic E-state index is 12.2. The molecule has 3 fully saturated rings. The third-order valence-electron chi connectivity index (χ3n) is 9.06. The molecule has 0 radical (unpaired) electrons. The minimum absolute atomic E-state index is 0. The molecule has 3 aliphatic heterocycles. The van der Waals surface area contributed by atoms with Crippen LogP contribution in [0.15, 0.2) is 70.1 Å². The fourth-order valence-electron chi connectivity index (χ4n) is 5.91. The van der Waals surface area contributed by atoms with Gasteiger partial charge in [0, 0.05) is 132 Å². The number of nitrogens with zero attached hydrogens (tertiary/aromatic N) is 5. The van der Waals surface area contributed by atoms with E-state index < -0.39 is 26.9 Å². The number of aliphatic hydroxyl groups is 1. The minimum Gasteiger partial charge on any atom is -0.444 e. The van der Waals surface area contributed by atoms with Crippen molar-refractivity contribution in [1.82, 2.24) is 29.8 Å². The molecule has 70 heavy (non-hydrogen) atoms. The number of piperazine rings is 3. The van der Waals surface area contributed by atoms with Gasteiger partial charge in [0.2, 0.25) is 9.23 Å². The molecule has 4 aromatic heterocycles. The zero-order valence-corrected chi connectivity index (χ0v) is 45.5. The first-order valence-corrected chi connectivity index (χ1v) is 28.3. The number of ether oxygens (including phenoxy) is 2. The van der Waals surface area contributed by atoms with E-state index in [0.29, 0.717) is 19.0 Å². The van der Waals surface area contributed by atoms with Crippen LogP contribution in [0.3, 0.4) is 0 Å². The van der Waals surface area contributed by atoms with Crippen LogP contribution in [-0.2, 0) is 49.1 Å². The second-order valence-electron chi connectivity index (χ2n) is 16.8. The highest BCUT2D eigenvalue weighted by Crippen LogP contribution is 2.21. The molecule has 4 aromatic rings. The van der Waals surface area contributed by atoms with Crippen molar-refractivity contribution in [3.63, 3.8) is 0 Å². The highest BCUT2D eigenvalue weighted by atomic mass is 36.0. The van der Waals surface area contributed by atoms with E-state index in [-0.39, 0.29) is 52.3 Å². The van der Waals surface area contributed by atoms with E-state index in [4.69, 9.17) is 30.4 Å². The summed E-state index contributed by atoms with van der Waals surface area (Å²) in [5.74, 6) is -1.07. The van der Waals surface area contributed by atoms with Crippen molar-refractivity contribution in [3.8, 4) is 0 Å². The Morgan fingerprint density at radius 3 is 1.21 bits per heavy atom. The molecule has 24 heteroatoms. The Bertz CT molecular complexity index is 1920. The predicted molar refractivity (Wildman–Crippen MR) is 288 cm³/mol. The number of halogens is 6. The second-order valence-corrected chi connectivity index (χ2v) is 23.7. The van der Waals surface area contributed by atoms with Crippen LogP contribution in [0.1, 0.15) is 75.9 Å². The zero-order valence-electron chi connectivity index (χ0n) is 39.2. The lowest BCUT2D eigenvalue weighted by molar-refractivity contribution is -0.187. The molecule has 0 spiro atoms. The van der Waals surface area contributed by atoms with Gasteiger partial charge in [0.25, 0.3) is 0 Å². The van der Waals surface area contributed by atoms with Gasteiger partial charge >= 0.3 is 24.3 Å². The van der Waals surface area contributed by atoms with E-state index in [1.165, 1.54) is 14.6 Å². The fraction of sp³-hybridized carbons (Fsp3) is 0.587. The Morgan fingerprint density at radius 1 is 0.614 bits per heavy atom. The van der Waals surface area contributed by atoms with E-state index >= 15 is 0 Å². The molecule has 2 N–H and O–H groups in total. The van der Waals surface area contributed by atoms with E-state index in [1.54, 1.807) is 55.1 Å². The fourth-order valence-corrected chi connectivity index (χ4v) is 8.80. The van der Waals surface area contributed by atoms with E-state index in [1.807, 2.05) is 94.1 Å². The third-order valence-corrected chi connectivity index (χ3v) is 13.0. The summed E-state index contributed by atoms with van der Waals surface area (Å²) < 4.78 is 56.4. The van der Waals surface area contributed by atoms with Gasteiger partial charge in [-0.3, -0.25) is 14.6 Å². The molecule has 0 aliphatic carbocycles. The van der Waals surface area contributed by atoms with E-state index in [2.05, 4.69) is 54.0 Å². The zero-order chi connectivity index (χ0) is 50.8. The first kappa shape index (κ1) is 67.5. The normalized spacial score (nSPS) is 15.2. The summed E-state index contributed by atoms with van der Waals surface area (Å²) in [5, 5.41) is 19.7. The van der Waals surface area contributed by atoms with Crippen LogP contribution in [0, 0.1) is 0 Å². The van der Waals surface area contributed by atoms with Gasteiger partial charge in [0.1, 0.15) is 11.2 Å². The highest BCUT2D eigenvalue weighted by molar-refractivity contribution is 8.26. The maximum absolute atomic E-state index is 12.2. The first-order chi connectivity index (χ1) is 32.0. The molecule has 7 heterocycles. The minimum atomic E-state index is -4.75. The van der Waals surface area contributed by atoms with Gasteiger partial charge in [-0.15, -0.1) is 56.9 Å². The van der Waals surface area contributed by atoms with Gasteiger partial charge in [0.15, 0.2) is 0 Å². The van der Waals surface area contributed by atoms with E-state index in [9.17, 15) is 27.6 Å². The summed E-state index contributed by atoms with van der Waals surface area (Å²) >= 11 is 12.2. The molecule has 13 nitrogen and oxygen atoms in total. The van der Waals surface area contributed by atoms with Crippen molar-refractivity contribution in [2.45, 2.75) is 99.4 Å². The second kappa shape index (κ2) is 35.6. The number of thiophene rings is 4. The van der Waals surface area contributed by atoms with Crippen LogP contribution < -0.4 is 5.32 Å². The Hall–Kier alpha value is -2.54. The number of rotatable bonds is 6. The molecule has 3 amide bonds. The van der Waals surface area contributed by atoms with Gasteiger partial charge in [-0.25, -0.2) is 13.8 Å². The lowest BCUT2D eigenvalue weighted by Crippen LogP contribution is -2.51. The first-order valence-electron chi connectivity index (χ1n) is 21.5. The van der Waals surface area contributed by atoms with Crippen molar-refractivity contribution in [3.05, 3.63) is 89.6 Å². The van der Waals surface area contributed by atoms with Gasteiger partial charge < -0.3 is 34.6 Å². The van der Waals surface area contributed by atoms with Crippen LogP contribution in [0.2, 0.25) is 0 Å². The van der Waals surface area contributed by atoms with Crippen molar-refractivity contribution in [2.75, 3.05) is 78.5 Å². The smallest absolute Gasteiger partial charge is 0.444 e. The van der Waals surface area contributed by atoms with Crippen LogP contribution in [-0.4, -0.2) is 148 Å². The lowest BCUT2D eigenvalue weighted by Gasteiger charge is -2.35. The van der Waals surface area contributed by atoms with Gasteiger partial charge in [-0.1, -0.05) is 39.1 Å². The summed E-state index contributed by atoms with van der Waals surface area (Å²) in [5.41, 5.74) is -0.798. The van der Waals surface area contributed by atoms with Crippen molar-refractivity contribution >= 4 is 106 Å². The summed E-state index contributed by atoms with van der Waals surface area (Å²) in [6.45, 7) is 21.0. The quantitative estimate of drug-likeness (QED) is 0.142. The molecule has 0 atom stereocenters. The number of carbonyl (C=O) groups excluding carboxylic acids is 3. The average molecular weight is 1140 g/mol. The average Bonchev–Trinajstić information content (AvgIpc) is 4.14. The van der Waals surface area contributed by atoms with Gasteiger partial charge in [-0.05, 0) is 87.3 Å². The molecule has 0 bridgehead atoms. The number of nitrogens with one attached hydrogen (secondary N) is 1. The lowest BCUT2D eigenvalue weighted by atomic mass is 10.2. The standard InChI is InChI=1S/C14H22N2O2S.C11H13F3N2OS.C9H18N2O2.C5H5ClS.C5H6OS.2CH4.Cl2OS/c1-14(2,3)18-13(17)16-8-6-15(7-9-16)11-12-5-4-10-19-12;12-11(13,14)10(17)16-5-3-15(4-6-16)8-9-2-1-7-18-9;1-9(2,3)13-8(12)11-6-4-10-5-7-11;2*6-4-5-2-1-3-7-5;;;1-4(2)3/h4-5,10H,6-9,11H2,1-3H3;1-2,7H,3-6,8H2;10H,4-7H2,1-3H3;1-3H,4H2;1-3,6H,4H2;2*1H4;. The van der Waals surface area contributed by atoms with Crippen LogP contribution in [0.25, 0.3) is 0 Å². The molecule has 3 saturated heterocycles.